The lowest BCUT2D eigenvalue weighted by Crippen LogP contribution is -2.30. The number of carbonyl (C=O) groups is 1. The van der Waals surface area contributed by atoms with Crippen molar-refractivity contribution in [2.75, 3.05) is 18.0 Å². The molecule has 0 saturated carbocycles. The zero-order chi connectivity index (χ0) is 20.1. The molecule has 0 aromatic heterocycles. The van der Waals surface area contributed by atoms with E-state index < -0.39 is 17.5 Å². The number of amides is 1. The second kappa shape index (κ2) is 8.95. The Morgan fingerprint density at radius 2 is 1.79 bits per heavy atom. The van der Waals surface area contributed by atoms with Gasteiger partial charge in [0.05, 0.1) is 11.7 Å². The molecule has 148 valence electrons. The Balaban J connectivity index is 1.67. The first-order valence-corrected chi connectivity index (χ1v) is 9.42. The molecule has 3 rings (SSSR count). The average Bonchev–Trinajstić information content (AvgIpc) is 2.68. The van der Waals surface area contributed by atoms with E-state index in [-0.39, 0.29) is 17.4 Å². The molecule has 0 bridgehead atoms. The predicted octanol–water partition coefficient (Wildman–Crippen LogP) is 4.98. The van der Waals surface area contributed by atoms with Crippen molar-refractivity contribution in [2.24, 2.45) is 0 Å². The zero-order valence-corrected chi connectivity index (χ0v) is 15.7. The minimum Gasteiger partial charge on any atom is -0.369 e. The molecule has 1 unspecified atom stereocenters. The van der Waals surface area contributed by atoms with Crippen LogP contribution in [0.15, 0.2) is 42.5 Å². The number of rotatable bonds is 5. The van der Waals surface area contributed by atoms with Crippen molar-refractivity contribution in [2.45, 2.75) is 32.2 Å². The fraction of sp³-hybridized carbons (Fsp3) is 0.318. The fourth-order valence-electron chi connectivity index (χ4n) is 3.32. The van der Waals surface area contributed by atoms with Gasteiger partial charge < -0.3 is 10.2 Å². The van der Waals surface area contributed by atoms with Crippen LogP contribution in [0.3, 0.4) is 0 Å². The summed E-state index contributed by atoms with van der Waals surface area (Å²) >= 11 is 0. The Morgan fingerprint density at radius 1 is 1.04 bits per heavy atom. The number of halogens is 3. The molecule has 0 aliphatic carbocycles. The summed E-state index contributed by atoms with van der Waals surface area (Å²) in [5.74, 6) is -2.09. The molecular formula is C22H23F3N2O. The maximum atomic E-state index is 14.3. The molecule has 1 amide bonds. The average molecular weight is 388 g/mol. The molecular weight excluding hydrogens is 365 g/mol. The smallest absolute Gasteiger partial charge is 0.244 e. The van der Waals surface area contributed by atoms with Crippen LogP contribution in [0, 0.1) is 17.5 Å². The van der Waals surface area contributed by atoms with Crippen LogP contribution in [-0.2, 0) is 4.79 Å². The molecule has 28 heavy (non-hydrogen) atoms. The van der Waals surface area contributed by atoms with Crippen molar-refractivity contribution < 1.29 is 18.0 Å². The van der Waals surface area contributed by atoms with E-state index in [0.717, 1.165) is 50.0 Å². The largest absolute Gasteiger partial charge is 0.369 e. The Bertz CT molecular complexity index is 876. The van der Waals surface area contributed by atoms with Gasteiger partial charge in [-0.05, 0) is 62.1 Å². The first-order valence-electron chi connectivity index (χ1n) is 9.42. The molecule has 3 nitrogen and oxygen atoms in total. The second-order valence-corrected chi connectivity index (χ2v) is 6.99. The third-order valence-corrected chi connectivity index (χ3v) is 4.90. The standard InChI is InChI=1S/C22H23F3N2O/c1-15(26-22(28)10-7-16-5-8-18(23)14-20(16)25)17-6-9-19(24)21(13-17)27-11-3-2-4-12-27/h5-10,13-15H,2-4,11-12H2,1H3,(H,26,28)/b10-7+. The number of carbonyl (C=O) groups excluding carboxylic acids is 1. The topological polar surface area (TPSA) is 32.3 Å². The van der Waals surface area contributed by atoms with Crippen molar-refractivity contribution in [1.29, 1.82) is 0 Å². The Morgan fingerprint density at radius 3 is 2.50 bits per heavy atom. The van der Waals surface area contributed by atoms with E-state index in [9.17, 15) is 18.0 Å². The summed E-state index contributed by atoms with van der Waals surface area (Å²) in [5, 5.41) is 2.78. The van der Waals surface area contributed by atoms with Crippen LogP contribution >= 0.6 is 0 Å². The van der Waals surface area contributed by atoms with Gasteiger partial charge in [-0.3, -0.25) is 4.79 Å². The van der Waals surface area contributed by atoms with E-state index >= 15 is 0 Å². The molecule has 1 atom stereocenters. The van der Waals surface area contributed by atoms with Crippen LogP contribution in [0.25, 0.3) is 6.08 Å². The predicted molar refractivity (Wildman–Crippen MR) is 104 cm³/mol. The van der Waals surface area contributed by atoms with Gasteiger partial charge in [-0.1, -0.05) is 6.07 Å². The van der Waals surface area contributed by atoms with Gasteiger partial charge in [0.25, 0.3) is 0 Å². The molecule has 0 spiro atoms. The van der Waals surface area contributed by atoms with Crippen molar-refractivity contribution >= 4 is 17.7 Å². The second-order valence-electron chi connectivity index (χ2n) is 6.99. The van der Waals surface area contributed by atoms with E-state index in [1.165, 1.54) is 24.3 Å². The van der Waals surface area contributed by atoms with Crippen LogP contribution in [-0.4, -0.2) is 19.0 Å². The van der Waals surface area contributed by atoms with Crippen LogP contribution in [0.5, 0.6) is 0 Å². The maximum absolute atomic E-state index is 14.3. The molecule has 1 aliphatic rings. The highest BCUT2D eigenvalue weighted by molar-refractivity contribution is 5.92. The number of nitrogens with one attached hydrogen (secondary N) is 1. The number of hydrogen-bond acceptors (Lipinski definition) is 2. The summed E-state index contributed by atoms with van der Waals surface area (Å²) in [7, 11) is 0. The lowest BCUT2D eigenvalue weighted by molar-refractivity contribution is -0.117. The summed E-state index contributed by atoms with van der Waals surface area (Å²) in [6, 6.07) is 7.66. The van der Waals surface area contributed by atoms with Gasteiger partial charge in [-0.2, -0.15) is 0 Å². The highest BCUT2D eigenvalue weighted by atomic mass is 19.1. The van der Waals surface area contributed by atoms with Gasteiger partial charge in [0.2, 0.25) is 5.91 Å². The van der Waals surface area contributed by atoms with Gasteiger partial charge >= 0.3 is 0 Å². The lowest BCUT2D eigenvalue weighted by Gasteiger charge is -2.30. The fourth-order valence-corrected chi connectivity index (χ4v) is 3.32. The Hall–Kier alpha value is -2.76. The normalized spacial score (nSPS) is 15.6. The minimum absolute atomic E-state index is 0.123. The highest BCUT2D eigenvalue weighted by Crippen LogP contribution is 2.27. The van der Waals surface area contributed by atoms with Gasteiger partial charge in [0.15, 0.2) is 0 Å². The van der Waals surface area contributed by atoms with E-state index in [2.05, 4.69) is 5.32 Å². The van der Waals surface area contributed by atoms with Gasteiger partial charge in [-0.15, -0.1) is 0 Å². The Labute approximate surface area is 162 Å². The molecule has 1 aliphatic heterocycles. The molecule has 1 fully saturated rings. The molecule has 6 heteroatoms. The van der Waals surface area contributed by atoms with E-state index in [1.54, 1.807) is 19.1 Å². The summed E-state index contributed by atoms with van der Waals surface area (Å²) < 4.78 is 40.8. The van der Waals surface area contributed by atoms with E-state index in [0.29, 0.717) is 5.69 Å². The van der Waals surface area contributed by atoms with Gasteiger partial charge in [0.1, 0.15) is 17.5 Å². The number of hydrogen-bond donors (Lipinski definition) is 1. The van der Waals surface area contributed by atoms with E-state index in [4.69, 9.17) is 0 Å². The van der Waals surface area contributed by atoms with Crippen LogP contribution in [0.4, 0.5) is 18.9 Å². The summed E-state index contributed by atoms with van der Waals surface area (Å²) in [6.07, 6.45) is 5.73. The number of anilines is 1. The monoisotopic (exact) mass is 388 g/mol. The first-order chi connectivity index (χ1) is 13.4. The summed E-state index contributed by atoms with van der Waals surface area (Å²) in [5.41, 5.74) is 1.47. The zero-order valence-electron chi connectivity index (χ0n) is 15.7. The quantitative estimate of drug-likeness (QED) is 0.733. The molecule has 1 N–H and O–H groups in total. The van der Waals surface area contributed by atoms with Crippen molar-refractivity contribution in [3.8, 4) is 0 Å². The number of benzene rings is 2. The SMILES string of the molecule is CC(NC(=O)/C=C/c1ccc(F)cc1F)c1ccc(F)c(N2CCCCC2)c1. The first kappa shape index (κ1) is 20.0. The van der Waals surface area contributed by atoms with Gasteiger partial charge in [0, 0.05) is 30.8 Å². The van der Waals surface area contributed by atoms with Crippen LogP contribution in [0.1, 0.15) is 43.4 Å². The summed E-state index contributed by atoms with van der Waals surface area (Å²) in [4.78, 5) is 14.2. The number of nitrogens with zero attached hydrogens (tertiary/aromatic N) is 1. The molecule has 1 saturated heterocycles. The van der Waals surface area contributed by atoms with Crippen molar-refractivity contribution in [3.63, 3.8) is 0 Å². The minimum atomic E-state index is -0.734. The van der Waals surface area contributed by atoms with Crippen LogP contribution in [0.2, 0.25) is 0 Å². The van der Waals surface area contributed by atoms with Crippen molar-refractivity contribution in [3.05, 3.63) is 71.1 Å². The highest BCUT2D eigenvalue weighted by Gasteiger charge is 2.17. The molecule has 2 aromatic carbocycles. The summed E-state index contributed by atoms with van der Waals surface area (Å²) in [6.45, 7) is 3.46. The molecule has 1 heterocycles. The third kappa shape index (κ3) is 4.94. The number of piperidine rings is 1. The Kier molecular flexibility index (Phi) is 6.39. The van der Waals surface area contributed by atoms with E-state index in [1.807, 2.05) is 4.90 Å². The molecule has 0 radical (unpaired) electrons. The van der Waals surface area contributed by atoms with Crippen molar-refractivity contribution in [1.82, 2.24) is 5.32 Å². The van der Waals surface area contributed by atoms with Gasteiger partial charge in [-0.25, -0.2) is 13.2 Å². The third-order valence-electron chi connectivity index (χ3n) is 4.90. The molecule has 2 aromatic rings. The van der Waals surface area contributed by atoms with Crippen LogP contribution < -0.4 is 10.2 Å². The maximum Gasteiger partial charge on any atom is 0.244 e. The lowest BCUT2D eigenvalue weighted by atomic mass is 10.0.